The number of aryl methyl sites for hydroxylation is 1. The van der Waals surface area contributed by atoms with E-state index in [9.17, 15) is 19.5 Å². The number of nitrogens with zero attached hydrogens (tertiary/aromatic N) is 1. The molecule has 1 atom stereocenters. The second-order valence-electron chi connectivity index (χ2n) is 5.78. The third kappa shape index (κ3) is 2.79. The van der Waals surface area contributed by atoms with Gasteiger partial charge in [-0.05, 0) is 25.0 Å². The van der Waals surface area contributed by atoms with Crippen LogP contribution in [0.3, 0.4) is 0 Å². The molecule has 0 radical (unpaired) electrons. The molecule has 24 heavy (non-hydrogen) atoms. The van der Waals surface area contributed by atoms with Crippen LogP contribution in [0, 0.1) is 19.3 Å². The molecule has 1 aromatic rings. The standard InChI is InChI=1S/C16H20N2O6/c1-8-10-5-16(14(20)21,15(22)23-4)6-11(10)9(2)18-13(8)24-7-12(19)17-3/h5-7H2,1-4H3,(H,17,19)(H,20,21). The van der Waals surface area contributed by atoms with Gasteiger partial charge in [0.2, 0.25) is 5.88 Å². The lowest BCUT2D eigenvalue weighted by atomic mass is 9.84. The van der Waals surface area contributed by atoms with Crippen molar-refractivity contribution >= 4 is 17.8 Å². The summed E-state index contributed by atoms with van der Waals surface area (Å²) >= 11 is 0. The number of esters is 1. The van der Waals surface area contributed by atoms with Gasteiger partial charge in [-0.25, -0.2) is 4.98 Å². The Bertz CT molecular complexity index is 715. The molecule has 1 aliphatic carbocycles. The van der Waals surface area contributed by atoms with Crippen LogP contribution in [0.2, 0.25) is 0 Å². The molecule has 8 heteroatoms. The maximum atomic E-state index is 12.1. The first kappa shape index (κ1) is 17.7. The number of carbonyl (C=O) groups excluding carboxylic acids is 2. The third-order valence-electron chi connectivity index (χ3n) is 4.41. The van der Waals surface area contributed by atoms with E-state index in [-0.39, 0.29) is 31.2 Å². The Balaban J connectivity index is 2.42. The van der Waals surface area contributed by atoms with Crippen LogP contribution in [0.25, 0.3) is 0 Å². The summed E-state index contributed by atoms with van der Waals surface area (Å²) in [6.45, 7) is 3.27. The smallest absolute Gasteiger partial charge is 0.323 e. The number of nitrogens with one attached hydrogen (secondary N) is 1. The van der Waals surface area contributed by atoms with Crippen LogP contribution in [0.15, 0.2) is 0 Å². The maximum Gasteiger partial charge on any atom is 0.323 e. The fourth-order valence-electron chi connectivity index (χ4n) is 2.94. The summed E-state index contributed by atoms with van der Waals surface area (Å²) in [5, 5.41) is 12.0. The Kier molecular flexibility index (Phi) is 4.77. The third-order valence-corrected chi connectivity index (χ3v) is 4.41. The number of carboxylic acid groups (broad SMARTS) is 1. The molecule has 0 aliphatic heterocycles. The van der Waals surface area contributed by atoms with Crippen molar-refractivity contribution in [2.45, 2.75) is 26.7 Å². The molecule has 0 bridgehead atoms. The number of fused-ring (bicyclic) bond motifs is 1. The van der Waals surface area contributed by atoms with E-state index in [1.165, 1.54) is 14.2 Å². The highest BCUT2D eigenvalue weighted by Crippen LogP contribution is 2.42. The lowest BCUT2D eigenvalue weighted by molar-refractivity contribution is -0.166. The van der Waals surface area contributed by atoms with Crippen molar-refractivity contribution in [2.24, 2.45) is 5.41 Å². The Morgan fingerprint density at radius 1 is 1.25 bits per heavy atom. The van der Waals surface area contributed by atoms with Crippen LogP contribution in [0.5, 0.6) is 5.88 Å². The highest BCUT2D eigenvalue weighted by Gasteiger charge is 2.53. The number of likely N-dealkylation sites (N-methyl/N-ethyl adjacent to an activating group) is 1. The van der Waals surface area contributed by atoms with Crippen LogP contribution in [0.1, 0.15) is 22.4 Å². The topological polar surface area (TPSA) is 115 Å². The lowest BCUT2D eigenvalue weighted by Gasteiger charge is -2.20. The Morgan fingerprint density at radius 2 is 1.88 bits per heavy atom. The van der Waals surface area contributed by atoms with Crippen molar-refractivity contribution in [2.75, 3.05) is 20.8 Å². The Hall–Kier alpha value is -2.64. The summed E-state index contributed by atoms with van der Waals surface area (Å²) < 4.78 is 10.1. The van der Waals surface area contributed by atoms with Crippen molar-refractivity contribution in [1.82, 2.24) is 10.3 Å². The summed E-state index contributed by atoms with van der Waals surface area (Å²) in [7, 11) is 2.67. The van der Waals surface area contributed by atoms with Crippen molar-refractivity contribution in [3.63, 3.8) is 0 Å². The van der Waals surface area contributed by atoms with E-state index in [4.69, 9.17) is 9.47 Å². The van der Waals surface area contributed by atoms with Crippen molar-refractivity contribution < 1.29 is 29.0 Å². The van der Waals surface area contributed by atoms with Gasteiger partial charge in [-0.2, -0.15) is 0 Å². The number of carbonyl (C=O) groups is 3. The van der Waals surface area contributed by atoms with Crippen LogP contribution in [0.4, 0.5) is 0 Å². The molecule has 2 N–H and O–H groups in total. The number of aromatic nitrogens is 1. The molecular weight excluding hydrogens is 316 g/mol. The second-order valence-corrected chi connectivity index (χ2v) is 5.78. The first-order valence-electron chi connectivity index (χ1n) is 7.41. The minimum absolute atomic E-state index is 0.00979. The number of carboxylic acids is 1. The monoisotopic (exact) mass is 336 g/mol. The van der Waals surface area contributed by atoms with E-state index in [0.29, 0.717) is 22.4 Å². The number of aliphatic carboxylic acids is 1. The number of hydrogen-bond donors (Lipinski definition) is 2. The van der Waals surface area contributed by atoms with Gasteiger partial charge in [-0.15, -0.1) is 0 Å². The van der Waals surface area contributed by atoms with Crippen molar-refractivity contribution in [3.05, 3.63) is 22.4 Å². The van der Waals surface area contributed by atoms with Gasteiger partial charge in [0.15, 0.2) is 12.0 Å². The van der Waals surface area contributed by atoms with Gasteiger partial charge in [-0.1, -0.05) is 0 Å². The fraction of sp³-hybridized carbons (Fsp3) is 0.500. The van der Waals surface area contributed by atoms with Gasteiger partial charge >= 0.3 is 11.9 Å². The van der Waals surface area contributed by atoms with Crippen molar-refractivity contribution in [1.29, 1.82) is 0 Å². The van der Waals surface area contributed by atoms with Crippen LogP contribution >= 0.6 is 0 Å². The van der Waals surface area contributed by atoms with E-state index < -0.39 is 17.4 Å². The van der Waals surface area contributed by atoms with Gasteiger partial charge in [0.1, 0.15) is 0 Å². The molecule has 1 aliphatic rings. The average Bonchev–Trinajstić information content (AvgIpc) is 2.98. The highest BCUT2D eigenvalue weighted by atomic mass is 16.5. The highest BCUT2D eigenvalue weighted by molar-refractivity contribution is 6.01. The zero-order valence-electron chi connectivity index (χ0n) is 14.1. The number of hydrogen-bond acceptors (Lipinski definition) is 6. The molecule has 1 aromatic heterocycles. The minimum atomic E-state index is -1.65. The molecule has 1 amide bonds. The van der Waals surface area contributed by atoms with E-state index >= 15 is 0 Å². The average molecular weight is 336 g/mol. The molecule has 2 rings (SSSR count). The quantitative estimate of drug-likeness (QED) is 0.581. The molecular formula is C16H20N2O6. The van der Waals surface area contributed by atoms with Crippen LogP contribution < -0.4 is 10.1 Å². The number of rotatable bonds is 5. The number of methoxy groups -OCH3 is 1. The summed E-state index contributed by atoms with van der Waals surface area (Å²) in [5.41, 5.74) is 0.990. The van der Waals surface area contributed by atoms with Gasteiger partial charge in [0, 0.05) is 31.1 Å². The SMILES string of the molecule is CNC(=O)COc1nc(C)c2c(c1C)CC(C(=O)O)(C(=O)OC)C2. The molecule has 130 valence electrons. The predicted molar refractivity (Wildman–Crippen MR) is 82.8 cm³/mol. The van der Waals surface area contributed by atoms with E-state index in [0.717, 1.165) is 0 Å². The van der Waals surface area contributed by atoms with Crippen molar-refractivity contribution in [3.8, 4) is 5.88 Å². The van der Waals surface area contributed by atoms with Crippen LogP contribution in [-0.2, 0) is 32.0 Å². The molecule has 0 saturated heterocycles. The molecule has 0 saturated carbocycles. The number of ether oxygens (including phenoxy) is 2. The Labute approximate surface area is 139 Å². The zero-order chi connectivity index (χ0) is 18.1. The number of amides is 1. The second kappa shape index (κ2) is 6.46. The first-order chi connectivity index (χ1) is 11.3. The molecule has 1 unspecified atom stereocenters. The van der Waals surface area contributed by atoms with Gasteiger partial charge in [0.25, 0.3) is 5.91 Å². The van der Waals surface area contributed by atoms with E-state index in [2.05, 4.69) is 10.3 Å². The summed E-state index contributed by atoms with van der Waals surface area (Å²) in [4.78, 5) is 39.5. The number of pyridine rings is 1. The molecule has 0 fully saturated rings. The predicted octanol–water partition coefficient (Wildman–Crippen LogP) is 0.166. The normalized spacial score (nSPS) is 18.7. The molecule has 8 nitrogen and oxygen atoms in total. The van der Waals surface area contributed by atoms with E-state index in [1.54, 1.807) is 13.8 Å². The first-order valence-corrected chi connectivity index (χ1v) is 7.41. The van der Waals surface area contributed by atoms with Gasteiger partial charge < -0.3 is 19.9 Å². The maximum absolute atomic E-state index is 12.1. The summed E-state index contributed by atoms with van der Waals surface area (Å²) in [6, 6.07) is 0. The fourth-order valence-corrected chi connectivity index (χ4v) is 2.94. The largest absolute Gasteiger partial charge is 0.480 e. The van der Waals surface area contributed by atoms with Crippen LogP contribution in [-0.4, -0.2) is 48.7 Å². The summed E-state index contributed by atoms with van der Waals surface area (Å²) in [5.74, 6) is -2.04. The zero-order valence-corrected chi connectivity index (χ0v) is 14.1. The Morgan fingerprint density at radius 3 is 2.42 bits per heavy atom. The molecule has 0 spiro atoms. The molecule has 0 aromatic carbocycles. The lowest BCUT2D eigenvalue weighted by Crippen LogP contribution is -2.41. The van der Waals surface area contributed by atoms with Gasteiger partial charge in [0.05, 0.1) is 7.11 Å². The summed E-state index contributed by atoms with van der Waals surface area (Å²) in [6.07, 6.45) is 0.0373. The van der Waals surface area contributed by atoms with Gasteiger partial charge in [-0.3, -0.25) is 14.4 Å². The van der Waals surface area contributed by atoms with E-state index in [1.807, 2.05) is 0 Å². The minimum Gasteiger partial charge on any atom is -0.480 e. The molecule has 1 heterocycles.